The van der Waals surface area contributed by atoms with Crippen LogP contribution >= 0.6 is 11.6 Å². The molecule has 1 aromatic heterocycles. The summed E-state index contributed by atoms with van der Waals surface area (Å²) in [6, 6.07) is 7.41. The Kier molecular flexibility index (Phi) is 4.47. The number of fused-ring (bicyclic) bond motifs is 4. The molecule has 0 spiro atoms. The first-order valence-electron chi connectivity index (χ1n) is 9.42. The maximum absolute atomic E-state index is 6.44. The normalized spacial score (nSPS) is 17.6. The van der Waals surface area contributed by atoms with E-state index < -0.39 is 6.17 Å². The van der Waals surface area contributed by atoms with Crippen molar-refractivity contribution in [3.8, 4) is 23.0 Å². The SMILES string of the molecule is COc1cc([C@H]2N=C(N)Nc3nc4cc5c(cc4n32)OCCCO5)cc(Cl)c1OC. The number of anilines is 1. The van der Waals surface area contributed by atoms with Crippen LogP contribution in [0.4, 0.5) is 5.95 Å². The first-order valence-corrected chi connectivity index (χ1v) is 9.80. The Morgan fingerprint density at radius 2 is 1.90 bits per heavy atom. The van der Waals surface area contributed by atoms with Crippen LogP contribution in [0.3, 0.4) is 0 Å². The minimum absolute atomic E-state index is 0.253. The number of ether oxygens (including phenoxy) is 4. The van der Waals surface area contributed by atoms with Crippen LogP contribution in [0, 0.1) is 0 Å². The van der Waals surface area contributed by atoms with Gasteiger partial charge in [-0.3, -0.25) is 9.88 Å². The smallest absolute Gasteiger partial charge is 0.212 e. The second-order valence-corrected chi connectivity index (χ2v) is 7.30. The van der Waals surface area contributed by atoms with E-state index in [0.717, 1.165) is 23.0 Å². The fourth-order valence-corrected chi connectivity index (χ4v) is 4.03. The van der Waals surface area contributed by atoms with Gasteiger partial charge in [0.2, 0.25) is 5.95 Å². The minimum atomic E-state index is -0.506. The number of guanidine groups is 1. The molecule has 0 fully saturated rings. The lowest BCUT2D eigenvalue weighted by atomic mass is 10.1. The summed E-state index contributed by atoms with van der Waals surface area (Å²) in [6.45, 7) is 1.20. The average molecular weight is 430 g/mol. The summed E-state index contributed by atoms with van der Waals surface area (Å²) in [4.78, 5) is 9.28. The van der Waals surface area contributed by atoms with E-state index in [1.54, 1.807) is 20.3 Å². The molecule has 5 rings (SSSR count). The molecule has 3 aromatic rings. The highest BCUT2D eigenvalue weighted by Gasteiger charge is 2.28. The standard InChI is InChI=1S/C20H20ClN5O4/c1-27-16-7-10(6-11(21)17(16)28-2)18-24-19(22)25-20-23-12-8-14-15(9-13(12)26(18)20)30-5-3-4-29-14/h6-9,18H,3-5H2,1-2H3,(H3,22,23,24,25)/t18-/m0/s1. The van der Waals surface area contributed by atoms with Gasteiger partial charge in [-0.05, 0) is 12.1 Å². The van der Waals surface area contributed by atoms with Crippen LogP contribution in [0.2, 0.25) is 5.02 Å². The van der Waals surface area contributed by atoms with E-state index in [4.69, 9.17) is 36.3 Å². The molecule has 0 radical (unpaired) electrons. The summed E-state index contributed by atoms with van der Waals surface area (Å²) < 4.78 is 24.4. The number of imidazole rings is 1. The molecule has 2 aromatic carbocycles. The van der Waals surface area contributed by atoms with Crippen LogP contribution in [-0.2, 0) is 0 Å². The van der Waals surface area contributed by atoms with Crippen LogP contribution in [0.5, 0.6) is 23.0 Å². The first-order chi connectivity index (χ1) is 14.6. The number of aliphatic imine (C=N–C) groups is 1. The Bertz CT molecular complexity index is 1180. The number of nitrogens with two attached hydrogens (primary N) is 1. The van der Waals surface area contributed by atoms with Crippen molar-refractivity contribution in [1.82, 2.24) is 9.55 Å². The molecule has 0 saturated heterocycles. The predicted octanol–water partition coefficient (Wildman–Crippen LogP) is 3.16. The third kappa shape index (κ3) is 2.93. The van der Waals surface area contributed by atoms with Crippen molar-refractivity contribution in [2.24, 2.45) is 10.7 Å². The highest BCUT2D eigenvalue weighted by Crippen LogP contribution is 2.42. The number of aromatic nitrogens is 2. The summed E-state index contributed by atoms with van der Waals surface area (Å²) in [5.41, 5.74) is 8.39. The van der Waals surface area contributed by atoms with Crippen LogP contribution < -0.4 is 30.0 Å². The van der Waals surface area contributed by atoms with Gasteiger partial charge in [0, 0.05) is 24.1 Å². The van der Waals surface area contributed by atoms with Crippen LogP contribution in [0.15, 0.2) is 29.3 Å². The van der Waals surface area contributed by atoms with Gasteiger partial charge in [0.1, 0.15) is 0 Å². The van der Waals surface area contributed by atoms with Crippen molar-refractivity contribution < 1.29 is 18.9 Å². The number of methoxy groups -OCH3 is 2. The van der Waals surface area contributed by atoms with Gasteiger partial charge < -0.3 is 24.7 Å². The van der Waals surface area contributed by atoms with E-state index in [-0.39, 0.29) is 5.96 Å². The number of hydrogen-bond acceptors (Lipinski definition) is 8. The van der Waals surface area contributed by atoms with Gasteiger partial charge in [-0.1, -0.05) is 11.6 Å². The Labute approximate surface area is 177 Å². The number of nitrogens with one attached hydrogen (secondary N) is 1. The number of rotatable bonds is 3. The lowest BCUT2D eigenvalue weighted by Crippen LogP contribution is -2.31. The molecule has 2 aliphatic heterocycles. The van der Waals surface area contributed by atoms with Gasteiger partial charge in [0.15, 0.2) is 35.1 Å². The average Bonchev–Trinajstić information content (AvgIpc) is 2.91. The van der Waals surface area contributed by atoms with Crippen LogP contribution in [-0.4, -0.2) is 42.9 Å². The second-order valence-electron chi connectivity index (χ2n) is 6.89. The molecule has 0 bridgehead atoms. The van der Waals surface area contributed by atoms with Gasteiger partial charge >= 0.3 is 0 Å². The van der Waals surface area contributed by atoms with Crippen molar-refractivity contribution >= 4 is 34.5 Å². The maximum atomic E-state index is 6.44. The van der Waals surface area contributed by atoms with Crippen LogP contribution in [0.25, 0.3) is 11.0 Å². The van der Waals surface area contributed by atoms with Crippen molar-refractivity contribution in [2.45, 2.75) is 12.6 Å². The fourth-order valence-electron chi connectivity index (χ4n) is 3.73. The molecule has 30 heavy (non-hydrogen) atoms. The molecular weight excluding hydrogens is 410 g/mol. The van der Waals surface area contributed by atoms with E-state index in [2.05, 4.69) is 15.3 Å². The molecule has 3 N–H and O–H groups in total. The van der Waals surface area contributed by atoms with Gasteiger partial charge in [-0.25, -0.2) is 9.98 Å². The zero-order valence-electron chi connectivity index (χ0n) is 16.4. The monoisotopic (exact) mass is 429 g/mol. The predicted molar refractivity (Wildman–Crippen MR) is 113 cm³/mol. The molecule has 0 aliphatic carbocycles. The summed E-state index contributed by atoms with van der Waals surface area (Å²) >= 11 is 6.44. The lowest BCUT2D eigenvalue weighted by Gasteiger charge is -2.25. The highest BCUT2D eigenvalue weighted by atomic mass is 35.5. The quantitative estimate of drug-likeness (QED) is 0.658. The van der Waals surface area contributed by atoms with Gasteiger partial charge in [-0.15, -0.1) is 0 Å². The molecule has 1 atom stereocenters. The Balaban J connectivity index is 1.70. The Morgan fingerprint density at radius 3 is 2.63 bits per heavy atom. The fraction of sp³-hybridized carbons (Fsp3) is 0.300. The summed E-state index contributed by atoms with van der Waals surface area (Å²) in [7, 11) is 3.10. The van der Waals surface area contributed by atoms with Gasteiger partial charge in [-0.2, -0.15) is 0 Å². The van der Waals surface area contributed by atoms with E-state index in [1.165, 1.54) is 0 Å². The zero-order valence-corrected chi connectivity index (χ0v) is 17.2. The van der Waals surface area contributed by atoms with E-state index in [9.17, 15) is 0 Å². The molecule has 3 heterocycles. The molecular formula is C20H20ClN5O4. The Morgan fingerprint density at radius 1 is 1.13 bits per heavy atom. The van der Waals surface area contributed by atoms with Gasteiger partial charge in [0.25, 0.3) is 0 Å². The van der Waals surface area contributed by atoms with Crippen molar-refractivity contribution in [3.05, 3.63) is 34.9 Å². The van der Waals surface area contributed by atoms with Crippen molar-refractivity contribution in [1.29, 1.82) is 0 Å². The molecule has 10 heteroatoms. The molecule has 0 saturated carbocycles. The highest BCUT2D eigenvalue weighted by molar-refractivity contribution is 6.32. The topological polar surface area (TPSA) is 105 Å². The van der Waals surface area contributed by atoms with Crippen LogP contribution in [0.1, 0.15) is 18.2 Å². The second kappa shape index (κ2) is 7.17. The third-order valence-electron chi connectivity index (χ3n) is 5.06. The summed E-state index contributed by atoms with van der Waals surface area (Å²) in [6.07, 6.45) is 0.320. The van der Waals surface area contributed by atoms with E-state index in [1.807, 2.05) is 22.8 Å². The summed E-state index contributed by atoms with van der Waals surface area (Å²) in [5, 5.41) is 3.44. The number of benzene rings is 2. The van der Waals surface area contributed by atoms with Gasteiger partial charge in [0.05, 0.1) is 43.5 Å². The summed E-state index contributed by atoms with van der Waals surface area (Å²) in [5.74, 6) is 3.13. The maximum Gasteiger partial charge on any atom is 0.212 e. The van der Waals surface area contributed by atoms with E-state index in [0.29, 0.717) is 47.2 Å². The number of halogens is 1. The Hall–Kier alpha value is -3.33. The third-order valence-corrected chi connectivity index (χ3v) is 5.34. The molecule has 156 valence electrons. The first kappa shape index (κ1) is 18.7. The molecule has 9 nitrogen and oxygen atoms in total. The zero-order chi connectivity index (χ0) is 20.8. The molecule has 0 amide bonds. The number of hydrogen-bond donors (Lipinski definition) is 2. The number of nitrogens with zero attached hydrogens (tertiary/aromatic N) is 3. The van der Waals surface area contributed by atoms with Crippen molar-refractivity contribution in [2.75, 3.05) is 32.8 Å². The minimum Gasteiger partial charge on any atom is -0.493 e. The largest absolute Gasteiger partial charge is 0.493 e. The lowest BCUT2D eigenvalue weighted by molar-refractivity contribution is 0.297. The molecule has 0 unspecified atom stereocenters. The molecule has 2 aliphatic rings. The van der Waals surface area contributed by atoms with E-state index >= 15 is 0 Å². The van der Waals surface area contributed by atoms with Crippen molar-refractivity contribution in [3.63, 3.8) is 0 Å².